The maximum atomic E-state index is 11.4. The second kappa shape index (κ2) is 9.15. The molecule has 5 nitrogen and oxygen atoms in total. The summed E-state index contributed by atoms with van der Waals surface area (Å²) in [4.78, 5) is 16.0. The van der Waals surface area contributed by atoms with Crippen LogP contribution in [0, 0.1) is 11.8 Å². The second-order valence-corrected chi connectivity index (χ2v) is 9.20. The molecule has 1 aromatic heterocycles. The van der Waals surface area contributed by atoms with E-state index in [1.807, 2.05) is 24.3 Å². The van der Waals surface area contributed by atoms with Crippen LogP contribution in [0.1, 0.15) is 57.7 Å². The van der Waals surface area contributed by atoms with Crippen molar-refractivity contribution in [1.82, 2.24) is 15.5 Å². The summed E-state index contributed by atoms with van der Waals surface area (Å²) < 4.78 is 5.51. The lowest BCUT2D eigenvalue weighted by Gasteiger charge is -2.36. The van der Waals surface area contributed by atoms with E-state index in [-0.39, 0.29) is 12.0 Å². The zero-order valence-corrected chi connectivity index (χ0v) is 18.8. The van der Waals surface area contributed by atoms with E-state index in [9.17, 15) is 4.79 Å². The Labute approximate surface area is 184 Å². The predicted octanol–water partition coefficient (Wildman–Crippen LogP) is 5.62. The van der Waals surface area contributed by atoms with Crippen LogP contribution < -0.4 is 5.32 Å². The van der Waals surface area contributed by atoms with Crippen molar-refractivity contribution in [3.63, 3.8) is 0 Å². The molecular weight excluding hydrogens is 386 g/mol. The van der Waals surface area contributed by atoms with Gasteiger partial charge in [-0.1, -0.05) is 55.4 Å². The van der Waals surface area contributed by atoms with Gasteiger partial charge in [-0.3, -0.25) is 4.79 Å². The molecule has 0 aliphatic heterocycles. The Kier molecular flexibility index (Phi) is 6.33. The highest BCUT2D eigenvalue weighted by molar-refractivity contribution is 5.79. The lowest BCUT2D eigenvalue weighted by atomic mass is 9.77. The summed E-state index contributed by atoms with van der Waals surface area (Å²) in [5.41, 5.74) is 4.39. The van der Waals surface area contributed by atoms with Crippen molar-refractivity contribution >= 4 is 5.78 Å². The van der Waals surface area contributed by atoms with Gasteiger partial charge in [0.05, 0.1) is 0 Å². The molecule has 1 aliphatic rings. The van der Waals surface area contributed by atoms with Gasteiger partial charge in [-0.25, -0.2) is 0 Å². The minimum Gasteiger partial charge on any atom is -0.334 e. The first-order valence-corrected chi connectivity index (χ1v) is 11.2. The van der Waals surface area contributed by atoms with E-state index in [0.29, 0.717) is 29.5 Å². The molecule has 2 aromatic carbocycles. The topological polar surface area (TPSA) is 68.0 Å². The van der Waals surface area contributed by atoms with E-state index in [1.165, 1.54) is 11.1 Å². The van der Waals surface area contributed by atoms with Crippen LogP contribution in [0.2, 0.25) is 0 Å². The van der Waals surface area contributed by atoms with Crippen LogP contribution in [0.15, 0.2) is 53.1 Å². The normalized spacial score (nSPS) is 19.3. The average Bonchev–Trinajstić information content (AvgIpc) is 3.20. The number of Topliss-reactive ketones (excluding diaryl/α,β-unsaturated/α-hetero) is 1. The highest BCUT2D eigenvalue weighted by atomic mass is 16.5. The van der Waals surface area contributed by atoms with Gasteiger partial charge in [-0.05, 0) is 62.3 Å². The molecule has 3 aromatic rings. The van der Waals surface area contributed by atoms with Crippen LogP contribution in [0.4, 0.5) is 0 Å². The summed E-state index contributed by atoms with van der Waals surface area (Å²) >= 11 is 0. The Bertz CT molecular complexity index is 1020. The molecule has 0 radical (unpaired) electrons. The number of nitrogens with one attached hydrogen (secondary N) is 1. The first kappa shape index (κ1) is 21.4. The highest BCUT2D eigenvalue weighted by Crippen LogP contribution is 2.30. The molecular formula is C26H31N3O2. The zero-order chi connectivity index (χ0) is 22.0. The molecule has 1 saturated carbocycles. The van der Waals surface area contributed by atoms with Gasteiger partial charge in [0, 0.05) is 29.1 Å². The van der Waals surface area contributed by atoms with E-state index in [2.05, 4.69) is 60.5 Å². The van der Waals surface area contributed by atoms with Gasteiger partial charge in [-0.2, -0.15) is 4.98 Å². The molecule has 0 unspecified atom stereocenters. The van der Waals surface area contributed by atoms with Gasteiger partial charge in [0.1, 0.15) is 5.78 Å². The van der Waals surface area contributed by atoms with E-state index < -0.39 is 0 Å². The molecule has 162 valence electrons. The molecule has 0 spiro atoms. The van der Waals surface area contributed by atoms with Crippen LogP contribution >= 0.6 is 0 Å². The lowest BCUT2D eigenvalue weighted by Crippen LogP contribution is -2.44. The van der Waals surface area contributed by atoms with E-state index >= 15 is 0 Å². The Morgan fingerprint density at radius 3 is 2.29 bits per heavy atom. The first-order valence-electron chi connectivity index (χ1n) is 11.2. The molecule has 1 heterocycles. The van der Waals surface area contributed by atoms with Crippen LogP contribution in [0.25, 0.3) is 22.8 Å². The molecule has 0 saturated heterocycles. The van der Waals surface area contributed by atoms with Crippen molar-refractivity contribution in [3.8, 4) is 22.8 Å². The number of carbonyl (C=O) groups is 1. The predicted molar refractivity (Wildman–Crippen MR) is 122 cm³/mol. The smallest absolute Gasteiger partial charge is 0.258 e. The number of nitrogens with zero attached hydrogens (tertiary/aromatic N) is 2. The molecule has 1 fully saturated rings. The van der Waals surface area contributed by atoms with Crippen molar-refractivity contribution in [1.29, 1.82) is 0 Å². The van der Waals surface area contributed by atoms with E-state index in [1.54, 1.807) is 6.92 Å². The fourth-order valence-electron chi connectivity index (χ4n) is 4.17. The number of ketones is 1. The SMILES string of the molecule is CC(=O)C1CC(N[C@@H](C)c2ccc(-c3noc(-c4ccc(CC(C)C)cc4)n3)cc2)C1. The number of aromatic nitrogens is 2. The van der Waals surface area contributed by atoms with Crippen molar-refractivity contribution in [2.24, 2.45) is 11.8 Å². The number of benzene rings is 2. The Morgan fingerprint density at radius 2 is 1.68 bits per heavy atom. The standard InChI is InChI=1S/C26H31N3O2/c1-16(2)13-19-5-7-22(8-6-19)26-28-25(29-31-26)21-11-9-20(10-12-21)17(3)27-24-14-23(15-24)18(4)30/h5-12,16-17,23-24,27H,13-15H2,1-4H3/t17-,23?,24?/m0/s1. The van der Waals surface area contributed by atoms with Crippen molar-refractivity contribution in [2.45, 2.75) is 59.0 Å². The molecule has 1 aliphatic carbocycles. The van der Waals surface area contributed by atoms with Crippen LogP contribution in [-0.2, 0) is 11.2 Å². The van der Waals surface area contributed by atoms with Crippen LogP contribution in [0.5, 0.6) is 0 Å². The summed E-state index contributed by atoms with van der Waals surface area (Å²) in [5, 5.41) is 7.79. The Morgan fingerprint density at radius 1 is 1.03 bits per heavy atom. The van der Waals surface area contributed by atoms with E-state index in [4.69, 9.17) is 4.52 Å². The largest absolute Gasteiger partial charge is 0.334 e. The highest BCUT2D eigenvalue weighted by Gasteiger charge is 2.32. The van der Waals surface area contributed by atoms with Gasteiger partial charge in [-0.15, -0.1) is 0 Å². The van der Waals surface area contributed by atoms with E-state index in [0.717, 1.165) is 30.4 Å². The molecule has 0 bridgehead atoms. The summed E-state index contributed by atoms with van der Waals surface area (Å²) in [6.07, 6.45) is 2.96. The fourth-order valence-corrected chi connectivity index (χ4v) is 4.17. The lowest BCUT2D eigenvalue weighted by molar-refractivity contribution is -0.123. The maximum Gasteiger partial charge on any atom is 0.258 e. The van der Waals surface area contributed by atoms with Gasteiger partial charge in [0.15, 0.2) is 0 Å². The third-order valence-corrected chi connectivity index (χ3v) is 6.14. The molecule has 1 atom stereocenters. The Balaban J connectivity index is 1.38. The van der Waals surface area contributed by atoms with Gasteiger partial charge >= 0.3 is 0 Å². The number of hydrogen-bond donors (Lipinski definition) is 1. The second-order valence-electron chi connectivity index (χ2n) is 9.20. The molecule has 5 heteroatoms. The minimum absolute atomic E-state index is 0.233. The molecule has 4 rings (SSSR count). The van der Waals surface area contributed by atoms with Gasteiger partial charge < -0.3 is 9.84 Å². The maximum absolute atomic E-state index is 11.4. The minimum atomic E-state index is 0.233. The quantitative estimate of drug-likeness (QED) is 0.515. The molecule has 31 heavy (non-hydrogen) atoms. The molecule has 1 N–H and O–H groups in total. The Hall–Kier alpha value is -2.79. The first-order chi connectivity index (χ1) is 14.9. The zero-order valence-electron chi connectivity index (χ0n) is 18.8. The van der Waals surface area contributed by atoms with Gasteiger partial charge in [0.25, 0.3) is 5.89 Å². The average molecular weight is 418 g/mol. The van der Waals surface area contributed by atoms with Crippen molar-refractivity contribution in [2.75, 3.05) is 0 Å². The number of hydrogen-bond acceptors (Lipinski definition) is 5. The molecule has 0 amide bonds. The fraction of sp³-hybridized carbons (Fsp3) is 0.423. The van der Waals surface area contributed by atoms with Crippen molar-refractivity contribution in [3.05, 3.63) is 59.7 Å². The summed E-state index contributed by atoms with van der Waals surface area (Å²) in [6, 6.07) is 17.3. The summed E-state index contributed by atoms with van der Waals surface area (Å²) in [7, 11) is 0. The monoisotopic (exact) mass is 417 g/mol. The summed E-state index contributed by atoms with van der Waals surface area (Å²) in [6.45, 7) is 8.29. The van der Waals surface area contributed by atoms with Gasteiger partial charge in [0.2, 0.25) is 5.82 Å². The third-order valence-electron chi connectivity index (χ3n) is 6.14. The number of rotatable bonds is 8. The third kappa shape index (κ3) is 5.10. The van der Waals surface area contributed by atoms with Crippen molar-refractivity contribution < 1.29 is 9.32 Å². The number of carbonyl (C=O) groups excluding carboxylic acids is 1. The van der Waals surface area contributed by atoms with Crippen LogP contribution in [-0.4, -0.2) is 22.0 Å². The summed E-state index contributed by atoms with van der Waals surface area (Å²) in [5.74, 6) is 2.31. The van der Waals surface area contributed by atoms with Crippen LogP contribution in [0.3, 0.4) is 0 Å².